The fourth-order valence-electron chi connectivity index (χ4n) is 3.71. The smallest absolute Gasteiger partial charge is 0.407 e. The zero-order chi connectivity index (χ0) is 23.6. The minimum Gasteiger partial charge on any atom is -0.444 e. The zero-order valence-corrected chi connectivity index (χ0v) is 19.3. The molecule has 0 atom stereocenters. The third-order valence-electron chi connectivity index (χ3n) is 5.36. The first kappa shape index (κ1) is 22.3. The molecule has 2 heterocycles. The molecule has 0 unspecified atom stereocenters. The number of benzene rings is 2. The summed E-state index contributed by atoms with van der Waals surface area (Å²) in [6.45, 7) is 7.96. The first-order valence-corrected chi connectivity index (χ1v) is 10.8. The highest BCUT2D eigenvalue weighted by atomic mass is 16.6. The van der Waals surface area contributed by atoms with Crippen LogP contribution in [0.25, 0.3) is 27.8 Å². The molecule has 168 valence electrons. The second kappa shape index (κ2) is 8.90. The molecule has 1 amide bonds. The third kappa shape index (κ3) is 5.12. The molecule has 0 aliphatic carbocycles. The Labute approximate surface area is 193 Å². The number of carbonyl (C=O) groups is 2. The van der Waals surface area contributed by atoms with Gasteiger partial charge in [-0.25, -0.2) is 9.31 Å². The van der Waals surface area contributed by atoms with Gasteiger partial charge >= 0.3 is 6.09 Å². The number of ether oxygens (including phenoxy) is 1. The van der Waals surface area contributed by atoms with Gasteiger partial charge in [0.05, 0.1) is 5.52 Å². The first-order valence-electron chi connectivity index (χ1n) is 10.8. The molecule has 0 spiro atoms. The van der Waals surface area contributed by atoms with Crippen LogP contribution in [0.2, 0.25) is 0 Å². The number of alkyl carbamates (subject to hydrolysis) is 1. The van der Waals surface area contributed by atoms with E-state index >= 15 is 0 Å². The van der Waals surface area contributed by atoms with E-state index in [9.17, 15) is 9.59 Å². The van der Waals surface area contributed by atoms with Crippen LogP contribution >= 0.6 is 0 Å². The second-order valence-electron chi connectivity index (χ2n) is 9.04. The lowest BCUT2D eigenvalue weighted by molar-refractivity contribution is 0.0523. The van der Waals surface area contributed by atoms with Crippen molar-refractivity contribution in [1.82, 2.24) is 14.9 Å². The Kier molecular flexibility index (Phi) is 6.01. The minimum atomic E-state index is -0.526. The van der Waals surface area contributed by atoms with Crippen LogP contribution in [0.4, 0.5) is 4.79 Å². The summed E-state index contributed by atoms with van der Waals surface area (Å²) < 4.78 is 7.18. The molecule has 0 aliphatic rings. The molecule has 0 fully saturated rings. The molecule has 1 N–H and O–H groups in total. The van der Waals surface area contributed by atoms with Crippen LogP contribution in [-0.2, 0) is 11.3 Å². The Balaban J connectivity index is 1.59. The molecule has 0 radical (unpaired) electrons. The molecule has 0 saturated carbocycles. The van der Waals surface area contributed by atoms with E-state index in [1.54, 1.807) is 6.20 Å². The molecule has 2 aromatic carbocycles. The highest BCUT2D eigenvalue weighted by Crippen LogP contribution is 2.30. The summed E-state index contributed by atoms with van der Waals surface area (Å²) in [5.74, 6) is 0. The van der Waals surface area contributed by atoms with E-state index < -0.39 is 11.7 Å². The van der Waals surface area contributed by atoms with Crippen molar-refractivity contribution in [3.8, 4) is 22.3 Å². The van der Waals surface area contributed by atoms with Crippen LogP contribution in [-0.4, -0.2) is 27.6 Å². The number of aryl methyl sites for hydroxylation is 1. The molecule has 6 heteroatoms. The highest BCUT2D eigenvalue weighted by molar-refractivity contribution is 5.85. The van der Waals surface area contributed by atoms with Crippen LogP contribution in [0.3, 0.4) is 0 Å². The van der Waals surface area contributed by atoms with Gasteiger partial charge in [-0.3, -0.25) is 4.79 Å². The highest BCUT2D eigenvalue weighted by Gasteiger charge is 2.16. The van der Waals surface area contributed by atoms with Crippen molar-refractivity contribution in [3.63, 3.8) is 0 Å². The zero-order valence-electron chi connectivity index (χ0n) is 19.3. The van der Waals surface area contributed by atoms with E-state index in [1.807, 2.05) is 74.8 Å². The van der Waals surface area contributed by atoms with Crippen molar-refractivity contribution in [2.24, 2.45) is 0 Å². The largest absolute Gasteiger partial charge is 0.444 e. The Hall–Kier alpha value is -3.93. The molecule has 6 nitrogen and oxygen atoms in total. The number of aldehydes is 1. The van der Waals surface area contributed by atoms with Gasteiger partial charge < -0.3 is 10.1 Å². The van der Waals surface area contributed by atoms with Gasteiger partial charge in [-0.1, -0.05) is 42.5 Å². The summed E-state index contributed by atoms with van der Waals surface area (Å²) >= 11 is 0. The van der Waals surface area contributed by atoms with Gasteiger partial charge in [-0.15, -0.1) is 0 Å². The Bertz CT molecular complexity index is 1310. The molecule has 2 aromatic heterocycles. The van der Waals surface area contributed by atoms with E-state index in [0.717, 1.165) is 45.2 Å². The summed E-state index contributed by atoms with van der Waals surface area (Å²) in [6.07, 6.45) is 4.19. The van der Waals surface area contributed by atoms with Crippen LogP contribution in [0.1, 0.15) is 42.3 Å². The number of carbonyl (C=O) groups excluding carboxylic acids is 2. The quantitative estimate of drug-likeness (QED) is 0.397. The van der Waals surface area contributed by atoms with Gasteiger partial charge in [0.1, 0.15) is 11.9 Å². The van der Waals surface area contributed by atoms with E-state index in [-0.39, 0.29) is 0 Å². The second-order valence-corrected chi connectivity index (χ2v) is 9.04. The van der Waals surface area contributed by atoms with Crippen molar-refractivity contribution in [2.75, 3.05) is 0 Å². The fraction of sp³-hybridized carbons (Fsp3) is 0.222. The Morgan fingerprint density at radius 1 is 1.03 bits per heavy atom. The number of nitrogens with zero attached hydrogens (tertiary/aromatic N) is 2. The predicted octanol–water partition coefficient (Wildman–Crippen LogP) is 5.81. The van der Waals surface area contributed by atoms with E-state index in [2.05, 4.69) is 28.6 Å². The van der Waals surface area contributed by atoms with E-state index in [0.29, 0.717) is 12.1 Å². The molecule has 4 aromatic rings. The standard InChI is InChI=1S/C27H27N3O3/c1-18-13-21(9-10-22(18)15-28-26(32)33-27(2,3)4)24-11-12-29-30-16-23(14-25(24)30)20-7-5-19(17-31)6-8-20/h5-14,16-17H,15H2,1-4H3,(H,28,32). The van der Waals surface area contributed by atoms with Crippen molar-refractivity contribution in [2.45, 2.75) is 39.8 Å². The molecular weight excluding hydrogens is 414 g/mol. The number of aromatic nitrogens is 2. The lowest BCUT2D eigenvalue weighted by Gasteiger charge is -2.20. The van der Waals surface area contributed by atoms with Crippen molar-refractivity contribution in [1.29, 1.82) is 0 Å². The number of amides is 1. The lowest BCUT2D eigenvalue weighted by atomic mass is 9.99. The number of hydrogen-bond donors (Lipinski definition) is 1. The lowest BCUT2D eigenvalue weighted by Crippen LogP contribution is -2.32. The summed E-state index contributed by atoms with van der Waals surface area (Å²) in [5.41, 5.74) is 7.42. The van der Waals surface area contributed by atoms with E-state index in [4.69, 9.17) is 4.74 Å². The van der Waals surface area contributed by atoms with Gasteiger partial charge in [0.25, 0.3) is 0 Å². The van der Waals surface area contributed by atoms with Gasteiger partial charge in [-0.2, -0.15) is 5.10 Å². The minimum absolute atomic E-state index is 0.402. The normalized spacial score (nSPS) is 11.4. The van der Waals surface area contributed by atoms with Crippen LogP contribution in [0.15, 0.2) is 67.0 Å². The summed E-state index contributed by atoms with van der Waals surface area (Å²) in [7, 11) is 0. The maximum absolute atomic E-state index is 12.0. The van der Waals surface area contributed by atoms with Crippen LogP contribution in [0, 0.1) is 6.92 Å². The van der Waals surface area contributed by atoms with E-state index in [1.165, 1.54) is 0 Å². The fourth-order valence-corrected chi connectivity index (χ4v) is 3.71. The summed E-state index contributed by atoms with van der Waals surface area (Å²) in [5, 5.41) is 7.28. The van der Waals surface area contributed by atoms with Crippen molar-refractivity contribution < 1.29 is 14.3 Å². The van der Waals surface area contributed by atoms with Crippen LogP contribution in [0.5, 0.6) is 0 Å². The van der Waals surface area contributed by atoms with Gasteiger partial charge in [0.2, 0.25) is 0 Å². The first-order chi connectivity index (χ1) is 15.7. The maximum Gasteiger partial charge on any atom is 0.407 e. The van der Waals surface area contributed by atoms with Gasteiger partial charge in [-0.05, 0) is 62.1 Å². The number of hydrogen-bond acceptors (Lipinski definition) is 4. The van der Waals surface area contributed by atoms with Gasteiger partial charge in [0, 0.05) is 35.6 Å². The average molecular weight is 442 g/mol. The molecule has 0 saturated heterocycles. The monoisotopic (exact) mass is 441 g/mol. The molecule has 0 aliphatic heterocycles. The number of nitrogens with one attached hydrogen (secondary N) is 1. The SMILES string of the molecule is Cc1cc(-c2ccnn3cc(-c4ccc(C=O)cc4)cc23)ccc1CNC(=O)OC(C)(C)C. The molecular formula is C27H27N3O3. The average Bonchev–Trinajstić information content (AvgIpc) is 3.21. The molecule has 0 bridgehead atoms. The number of fused-ring (bicyclic) bond motifs is 1. The predicted molar refractivity (Wildman–Crippen MR) is 129 cm³/mol. The summed E-state index contributed by atoms with van der Waals surface area (Å²) in [6, 6.07) is 17.8. The number of rotatable bonds is 5. The third-order valence-corrected chi connectivity index (χ3v) is 5.36. The summed E-state index contributed by atoms with van der Waals surface area (Å²) in [4.78, 5) is 22.9. The topological polar surface area (TPSA) is 72.7 Å². The molecule has 4 rings (SSSR count). The maximum atomic E-state index is 12.0. The Morgan fingerprint density at radius 2 is 1.76 bits per heavy atom. The van der Waals surface area contributed by atoms with Crippen molar-refractivity contribution in [3.05, 3.63) is 83.7 Å². The molecule has 33 heavy (non-hydrogen) atoms. The Morgan fingerprint density at radius 3 is 2.42 bits per heavy atom. The van der Waals surface area contributed by atoms with Gasteiger partial charge in [0.15, 0.2) is 0 Å². The van der Waals surface area contributed by atoms with Crippen LogP contribution < -0.4 is 5.32 Å². The van der Waals surface area contributed by atoms with Crippen molar-refractivity contribution >= 4 is 17.9 Å².